The van der Waals surface area contributed by atoms with E-state index in [1.54, 1.807) is 11.6 Å². The first-order valence-corrected chi connectivity index (χ1v) is 9.23. The quantitative estimate of drug-likeness (QED) is 0.736. The number of hydrogen-bond donors (Lipinski definition) is 1. The molecular formula is C17H16ClN5OS. The summed E-state index contributed by atoms with van der Waals surface area (Å²) >= 11 is 7.84. The monoisotopic (exact) mass is 373 g/mol. The highest BCUT2D eigenvalue weighted by atomic mass is 35.5. The molecule has 1 amide bonds. The van der Waals surface area contributed by atoms with Crippen LogP contribution in [0.15, 0.2) is 30.3 Å². The average Bonchev–Trinajstić information content (AvgIpc) is 3.28. The van der Waals surface area contributed by atoms with Gasteiger partial charge in [-0.25, -0.2) is 4.68 Å². The first-order valence-electron chi connectivity index (χ1n) is 8.03. The van der Waals surface area contributed by atoms with Crippen molar-refractivity contribution in [2.45, 2.75) is 32.2 Å². The third kappa shape index (κ3) is 3.43. The van der Waals surface area contributed by atoms with Crippen molar-refractivity contribution in [3.05, 3.63) is 57.3 Å². The Kier molecular flexibility index (Phi) is 4.27. The lowest BCUT2D eigenvalue weighted by molar-refractivity contribution is 0.102. The first-order chi connectivity index (χ1) is 12.1. The summed E-state index contributed by atoms with van der Waals surface area (Å²) in [7, 11) is 0. The molecule has 0 radical (unpaired) electrons. The van der Waals surface area contributed by atoms with E-state index in [1.807, 2.05) is 30.3 Å². The summed E-state index contributed by atoms with van der Waals surface area (Å²) in [6, 6.07) is 9.86. The van der Waals surface area contributed by atoms with E-state index in [1.165, 1.54) is 11.3 Å². The van der Waals surface area contributed by atoms with Crippen LogP contribution >= 0.6 is 22.9 Å². The van der Waals surface area contributed by atoms with E-state index in [-0.39, 0.29) is 5.91 Å². The molecule has 1 N–H and O–H groups in total. The second kappa shape index (κ2) is 6.57. The number of aromatic nitrogens is 4. The van der Waals surface area contributed by atoms with Gasteiger partial charge in [0.25, 0.3) is 5.91 Å². The van der Waals surface area contributed by atoms with Gasteiger partial charge in [-0.2, -0.15) is 5.10 Å². The van der Waals surface area contributed by atoms with Crippen molar-refractivity contribution in [3.8, 4) is 0 Å². The van der Waals surface area contributed by atoms with E-state index >= 15 is 0 Å². The normalized spacial score (nSPS) is 13.8. The van der Waals surface area contributed by atoms with Gasteiger partial charge < -0.3 is 0 Å². The second-order valence-electron chi connectivity index (χ2n) is 6.07. The Hall–Kier alpha value is -2.25. The van der Waals surface area contributed by atoms with Gasteiger partial charge in [0.1, 0.15) is 10.2 Å². The molecule has 0 unspecified atom stereocenters. The zero-order chi connectivity index (χ0) is 17.4. The van der Waals surface area contributed by atoms with Crippen molar-refractivity contribution in [2.75, 3.05) is 5.32 Å². The fourth-order valence-electron chi connectivity index (χ4n) is 2.61. The number of carbonyl (C=O) groups is 1. The molecular weight excluding hydrogens is 358 g/mol. The van der Waals surface area contributed by atoms with E-state index in [9.17, 15) is 4.79 Å². The van der Waals surface area contributed by atoms with Crippen LogP contribution in [0.2, 0.25) is 5.15 Å². The van der Waals surface area contributed by atoms with E-state index < -0.39 is 0 Å². The van der Waals surface area contributed by atoms with Crippen molar-refractivity contribution < 1.29 is 4.79 Å². The predicted molar refractivity (Wildman–Crippen MR) is 97.4 cm³/mol. The van der Waals surface area contributed by atoms with Crippen LogP contribution in [0.1, 0.15) is 45.4 Å². The number of amides is 1. The second-order valence-corrected chi connectivity index (χ2v) is 7.44. The number of benzene rings is 1. The third-order valence-corrected chi connectivity index (χ3v) is 5.44. The molecule has 4 rings (SSSR count). The van der Waals surface area contributed by atoms with Gasteiger partial charge in [-0.05, 0) is 25.3 Å². The molecule has 6 nitrogen and oxygen atoms in total. The maximum Gasteiger partial charge on any atom is 0.262 e. The highest BCUT2D eigenvalue weighted by Gasteiger charge is 2.28. The zero-order valence-electron chi connectivity index (χ0n) is 13.6. The Morgan fingerprint density at radius 2 is 2.08 bits per heavy atom. The molecule has 3 aromatic rings. The molecule has 0 spiro atoms. The lowest BCUT2D eigenvalue weighted by Crippen LogP contribution is -2.13. The van der Waals surface area contributed by atoms with Crippen LogP contribution in [0, 0.1) is 6.92 Å². The predicted octanol–water partition coefficient (Wildman–Crippen LogP) is 3.87. The van der Waals surface area contributed by atoms with E-state index in [4.69, 9.17) is 11.6 Å². The van der Waals surface area contributed by atoms with Gasteiger partial charge in [-0.3, -0.25) is 10.1 Å². The lowest BCUT2D eigenvalue weighted by Gasteiger charge is -2.04. The molecule has 0 atom stereocenters. The van der Waals surface area contributed by atoms with Gasteiger partial charge in [0.05, 0.1) is 17.8 Å². The summed E-state index contributed by atoms with van der Waals surface area (Å²) in [5.74, 6) is 0.211. The van der Waals surface area contributed by atoms with Crippen LogP contribution in [-0.4, -0.2) is 25.9 Å². The SMILES string of the molecule is Cc1nn(Cc2ccccc2)c(Cl)c1C(=O)Nc1nnc(C2CC2)s1. The van der Waals surface area contributed by atoms with E-state index in [0.29, 0.717) is 34.0 Å². The first kappa shape index (κ1) is 16.2. The number of nitrogens with one attached hydrogen (secondary N) is 1. The van der Waals surface area contributed by atoms with Gasteiger partial charge in [0, 0.05) is 5.92 Å². The van der Waals surface area contributed by atoms with Gasteiger partial charge in [-0.15, -0.1) is 10.2 Å². The molecule has 2 aromatic heterocycles. The molecule has 2 heterocycles. The highest BCUT2D eigenvalue weighted by Crippen LogP contribution is 2.42. The summed E-state index contributed by atoms with van der Waals surface area (Å²) in [6.07, 6.45) is 2.31. The molecule has 0 bridgehead atoms. The van der Waals surface area contributed by atoms with Crippen LogP contribution in [-0.2, 0) is 6.54 Å². The molecule has 25 heavy (non-hydrogen) atoms. The Balaban J connectivity index is 1.53. The Labute approximate surface area is 153 Å². The standard InChI is InChI=1S/C17H16ClN5OS/c1-10-13(14(18)23(22-10)9-11-5-3-2-4-6-11)15(24)19-17-21-20-16(25-17)12-7-8-12/h2-6,12H,7-9H2,1H3,(H,19,21,24). The van der Waals surface area contributed by atoms with E-state index in [2.05, 4.69) is 20.6 Å². The van der Waals surface area contributed by atoms with Gasteiger partial charge in [0.2, 0.25) is 5.13 Å². The van der Waals surface area contributed by atoms with Crippen molar-refractivity contribution in [1.29, 1.82) is 0 Å². The van der Waals surface area contributed by atoms with Crippen LogP contribution in [0.25, 0.3) is 0 Å². The number of rotatable bonds is 5. The largest absolute Gasteiger partial charge is 0.296 e. The van der Waals surface area contributed by atoms with Gasteiger partial charge in [-0.1, -0.05) is 53.3 Å². The number of anilines is 1. The summed E-state index contributed by atoms with van der Waals surface area (Å²) in [6.45, 7) is 2.29. The molecule has 1 aromatic carbocycles. The molecule has 0 aliphatic heterocycles. The highest BCUT2D eigenvalue weighted by molar-refractivity contribution is 7.15. The van der Waals surface area contributed by atoms with Crippen LogP contribution < -0.4 is 5.32 Å². The van der Waals surface area contributed by atoms with Crippen LogP contribution in [0.4, 0.5) is 5.13 Å². The average molecular weight is 374 g/mol. The third-order valence-electron chi connectivity index (χ3n) is 4.06. The Morgan fingerprint density at radius 1 is 1.32 bits per heavy atom. The summed E-state index contributed by atoms with van der Waals surface area (Å²) in [5, 5.41) is 17.2. The molecule has 128 valence electrons. The van der Waals surface area contributed by atoms with Crippen molar-refractivity contribution in [3.63, 3.8) is 0 Å². The minimum Gasteiger partial charge on any atom is -0.296 e. The lowest BCUT2D eigenvalue weighted by atomic mass is 10.2. The molecule has 1 saturated carbocycles. The number of aryl methyl sites for hydroxylation is 1. The molecule has 0 saturated heterocycles. The smallest absolute Gasteiger partial charge is 0.262 e. The number of hydrogen-bond acceptors (Lipinski definition) is 5. The van der Waals surface area contributed by atoms with Crippen molar-refractivity contribution in [2.24, 2.45) is 0 Å². The maximum atomic E-state index is 12.6. The van der Waals surface area contributed by atoms with E-state index in [0.717, 1.165) is 23.4 Å². The van der Waals surface area contributed by atoms with Crippen molar-refractivity contribution in [1.82, 2.24) is 20.0 Å². The molecule has 1 aliphatic carbocycles. The fourth-order valence-corrected chi connectivity index (χ4v) is 3.84. The number of carbonyl (C=O) groups excluding carboxylic acids is 1. The number of nitrogens with zero attached hydrogens (tertiary/aromatic N) is 4. The van der Waals surface area contributed by atoms with Crippen LogP contribution in [0.5, 0.6) is 0 Å². The topological polar surface area (TPSA) is 72.7 Å². The Bertz CT molecular complexity index is 917. The van der Waals surface area contributed by atoms with Gasteiger partial charge >= 0.3 is 0 Å². The van der Waals surface area contributed by atoms with Gasteiger partial charge in [0.15, 0.2) is 0 Å². The summed E-state index contributed by atoms with van der Waals surface area (Å²) in [4.78, 5) is 12.6. The number of halogens is 1. The minimum atomic E-state index is -0.305. The molecule has 1 fully saturated rings. The Morgan fingerprint density at radius 3 is 2.80 bits per heavy atom. The minimum absolute atomic E-state index is 0.305. The summed E-state index contributed by atoms with van der Waals surface area (Å²) < 4.78 is 1.64. The zero-order valence-corrected chi connectivity index (χ0v) is 15.1. The van der Waals surface area contributed by atoms with Crippen LogP contribution in [0.3, 0.4) is 0 Å². The van der Waals surface area contributed by atoms with Crippen molar-refractivity contribution >= 4 is 34.0 Å². The molecule has 8 heteroatoms. The molecule has 1 aliphatic rings. The maximum absolute atomic E-state index is 12.6. The summed E-state index contributed by atoms with van der Waals surface area (Å²) in [5.41, 5.74) is 2.03. The fraction of sp³-hybridized carbons (Fsp3) is 0.294.